The number of hydrogen-bond donors (Lipinski definition) is 2. The van der Waals surface area contributed by atoms with Gasteiger partial charge in [0, 0.05) is 50.4 Å². The van der Waals surface area contributed by atoms with Gasteiger partial charge in [0.1, 0.15) is 5.75 Å². The molecule has 1 amide bonds. The predicted molar refractivity (Wildman–Crippen MR) is 146 cm³/mol. The summed E-state index contributed by atoms with van der Waals surface area (Å²) >= 11 is 1.80. The number of para-hydroxylation sites is 1. The molecule has 0 fully saturated rings. The van der Waals surface area contributed by atoms with E-state index in [2.05, 4.69) is 28.6 Å². The minimum absolute atomic E-state index is 0. The van der Waals surface area contributed by atoms with E-state index in [0.29, 0.717) is 11.5 Å². The molecule has 0 heterocycles. The summed E-state index contributed by atoms with van der Waals surface area (Å²) in [7, 11) is 7.01. The first kappa shape index (κ1) is 28.1. The summed E-state index contributed by atoms with van der Waals surface area (Å²) in [4.78, 5) is 19.2. The highest BCUT2D eigenvalue weighted by atomic mass is 127. The molecule has 176 valence electrons. The number of ether oxygens (including phenoxy) is 1. The predicted octanol–water partition coefficient (Wildman–Crippen LogP) is 4.15. The molecule has 0 bridgehead atoms. The van der Waals surface area contributed by atoms with Gasteiger partial charge in [-0.25, -0.2) is 0 Å². The van der Waals surface area contributed by atoms with Gasteiger partial charge in [-0.2, -0.15) is 0 Å². The Labute approximate surface area is 213 Å². The van der Waals surface area contributed by atoms with Crippen molar-refractivity contribution in [2.45, 2.75) is 18.2 Å². The van der Waals surface area contributed by atoms with Gasteiger partial charge in [0.05, 0.1) is 7.11 Å². The topological polar surface area (TPSA) is 66.0 Å². The summed E-state index contributed by atoms with van der Waals surface area (Å²) in [6.07, 6.45) is 0.814. The third kappa shape index (κ3) is 9.28. The Kier molecular flexibility index (Phi) is 13.2. The molecule has 0 radical (unpaired) electrons. The molecule has 6 nitrogen and oxygen atoms in total. The van der Waals surface area contributed by atoms with E-state index in [1.165, 1.54) is 0 Å². The van der Waals surface area contributed by atoms with E-state index in [1.807, 2.05) is 42.5 Å². The molecule has 0 aliphatic heterocycles. The lowest BCUT2D eigenvalue weighted by atomic mass is 10.1. The van der Waals surface area contributed by atoms with Crippen molar-refractivity contribution in [3.8, 4) is 5.75 Å². The van der Waals surface area contributed by atoms with Gasteiger partial charge in [-0.3, -0.25) is 9.79 Å². The van der Waals surface area contributed by atoms with Crippen molar-refractivity contribution < 1.29 is 9.53 Å². The van der Waals surface area contributed by atoms with Crippen LogP contribution in [-0.2, 0) is 6.42 Å². The van der Waals surface area contributed by atoms with Gasteiger partial charge in [0.2, 0.25) is 0 Å². The van der Waals surface area contributed by atoms with Gasteiger partial charge < -0.3 is 20.3 Å². The molecule has 32 heavy (non-hydrogen) atoms. The maximum absolute atomic E-state index is 12.1. The molecule has 0 spiro atoms. The number of aliphatic imine (C=N–C) groups is 1. The summed E-state index contributed by atoms with van der Waals surface area (Å²) in [6, 6.07) is 15.9. The Bertz CT molecular complexity index is 877. The molecule has 0 saturated carbocycles. The van der Waals surface area contributed by atoms with Crippen molar-refractivity contribution in [3.05, 3.63) is 59.7 Å². The Morgan fingerprint density at radius 1 is 1.16 bits per heavy atom. The van der Waals surface area contributed by atoms with Crippen molar-refractivity contribution in [2.75, 3.05) is 47.1 Å². The number of nitrogens with zero attached hydrogens (tertiary/aromatic N) is 2. The summed E-state index contributed by atoms with van der Waals surface area (Å²) in [5.74, 6) is 3.17. The summed E-state index contributed by atoms with van der Waals surface area (Å²) in [5, 5.41) is 6.75. The van der Waals surface area contributed by atoms with E-state index in [4.69, 9.17) is 4.74 Å². The molecule has 0 saturated heterocycles. The van der Waals surface area contributed by atoms with E-state index < -0.39 is 0 Å². The van der Waals surface area contributed by atoms with Crippen LogP contribution >= 0.6 is 35.7 Å². The van der Waals surface area contributed by atoms with Crippen LogP contribution in [0.25, 0.3) is 0 Å². The molecular weight excluding hydrogens is 535 g/mol. The molecule has 8 heteroatoms. The van der Waals surface area contributed by atoms with Gasteiger partial charge in [0.25, 0.3) is 5.91 Å². The highest BCUT2D eigenvalue weighted by Crippen LogP contribution is 2.29. The van der Waals surface area contributed by atoms with E-state index in [1.54, 1.807) is 44.9 Å². The lowest BCUT2D eigenvalue weighted by Gasteiger charge is -2.16. The fraction of sp³-hybridized carbons (Fsp3) is 0.417. The highest BCUT2D eigenvalue weighted by Gasteiger charge is 2.09. The lowest BCUT2D eigenvalue weighted by molar-refractivity contribution is 0.0827. The van der Waals surface area contributed by atoms with Gasteiger partial charge in [-0.1, -0.05) is 31.2 Å². The fourth-order valence-electron chi connectivity index (χ4n) is 2.96. The van der Waals surface area contributed by atoms with E-state index in [0.717, 1.165) is 47.4 Å². The number of carbonyl (C=O) groups is 1. The number of nitrogens with one attached hydrogen (secondary N) is 2. The molecule has 2 aromatic rings. The second-order valence-electron chi connectivity index (χ2n) is 7.60. The van der Waals surface area contributed by atoms with Crippen LogP contribution in [0.5, 0.6) is 5.75 Å². The molecule has 1 atom stereocenters. The molecule has 0 aliphatic carbocycles. The molecule has 0 aromatic heterocycles. The Balaban J connectivity index is 0.00000512. The van der Waals surface area contributed by atoms with Crippen molar-refractivity contribution in [3.63, 3.8) is 0 Å². The van der Waals surface area contributed by atoms with Crippen molar-refractivity contribution in [1.82, 2.24) is 15.5 Å². The standard InChI is InChI=1S/C24H34N4O2S.HI/c1-18(17-31-22-12-7-6-11-21(22)30-5)16-27-24(25-2)26-14-13-19-9-8-10-20(15-19)23(29)28(3)4;/h6-12,15,18H,13-14,16-17H2,1-5H3,(H2,25,26,27);1H. The monoisotopic (exact) mass is 570 g/mol. The van der Waals surface area contributed by atoms with Crippen LogP contribution in [0, 0.1) is 5.92 Å². The van der Waals surface area contributed by atoms with Gasteiger partial charge in [0.15, 0.2) is 5.96 Å². The average Bonchev–Trinajstić information content (AvgIpc) is 2.79. The highest BCUT2D eigenvalue weighted by molar-refractivity contribution is 14.0. The zero-order valence-electron chi connectivity index (χ0n) is 19.6. The quantitative estimate of drug-likeness (QED) is 0.195. The van der Waals surface area contributed by atoms with Crippen LogP contribution in [-0.4, -0.2) is 63.9 Å². The number of thioether (sulfide) groups is 1. The molecule has 2 rings (SSSR count). The van der Waals surface area contributed by atoms with Crippen LogP contribution in [0.2, 0.25) is 0 Å². The van der Waals surface area contributed by atoms with Crippen LogP contribution in [0.1, 0.15) is 22.8 Å². The Morgan fingerprint density at radius 3 is 2.59 bits per heavy atom. The first-order valence-electron chi connectivity index (χ1n) is 10.5. The minimum Gasteiger partial charge on any atom is -0.496 e. The van der Waals surface area contributed by atoms with Crippen LogP contribution in [0.3, 0.4) is 0 Å². The van der Waals surface area contributed by atoms with Gasteiger partial charge in [-0.15, -0.1) is 35.7 Å². The number of rotatable bonds is 10. The fourth-order valence-corrected chi connectivity index (χ4v) is 4.01. The molecule has 0 aliphatic rings. The number of amides is 1. The number of halogens is 1. The van der Waals surface area contributed by atoms with Crippen LogP contribution < -0.4 is 15.4 Å². The number of guanidine groups is 1. The second-order valence-corrected chi connectivity index (χ2v) is 8.66. The van der Waals surface area contributed by atoms with Crippen LogP contribution in [0.15, 0.2) is 58.4 Å². The second kappa shape index (κ2) is 15.0. The first-order chi connectivity index (χ1) is 14.9. The third-order valence-corrected chi connectivity index (χ3v) is 6.10. The zero-order chi connectivity index (χ0) is 22.6. The summed E-state index contributed by atoms with van der Waals surface area (Å²) in [6.45, 7) is 3.79. The van der Waals surface area contributed by atoms with E-state index >= 15 is 0 Å². The number of carbonyl (C=O) groups excluding carboxylic acids is 1. The molecular formula is C24H35IN4O2S. The number of hydrogen-bond acceptors (Lipinski definition) is 4. The van der Waals surface area contributed by atoms with E-state index in [-0.39, 0.29) is 29.9 Å². The zero-order valence-corrected chi connectivity index (χ0v) is 22.7. The normalized spacial score (nSPS) is 11.8. The van der Waals surface area contributed by atoms with E-state index in [9.17, 15) is 4.79 Å². The SMILES string of the molecule is CN=C(NCCc1cccc(C(=O)N(C)C)c1)NCC(C)CSc1ccccc1OC.I. The van der Waals surface area contributed by atoms with Crippen LogP contribution in [0.4, 0.5) is 0 Å². The third-order valence-electron chi connectivity index (χ3n) is 4.72. The number of benzene rings is 2. The van der Waals surface area contributed by atoms with Crippen molar-refractivity contribution in [1.29, 1.82) is 0 Å². The smallest absolute Gasteiger partial charge is 0.253 e. The Hall–Kier alpha value is -1.94. The van der Waals surface area contributed by atoms with Crippen molar-refractivity contribution >= 4 is 47.6 Å². The number of methoxy groups -OCH3 is 1. The largest absolute Gasteiger partial charge is 0.496 e. The maximum atomic E-state index is 12.1. The average molecular weight is 571 g/mol. The van der Waals surface area contributed by atoms with Crippen molar-refractivity contribution in [2.24, 2.45) is 10.9 Å². The molecule has 2 N–H and O–H groups in total. The first-order valence-corrected chi connectivity index (χ1v) is 11.4. The van der Waals surface area contributed by atoms with Gasteiger partial charge >= 0.3 is 0 Å². The molecule has 2 aromatic carbocycles. The Morgan fingerprint density at radius 2 is 1.91 bits per heavy atom. The lowest BCUT2D eigenvalue weighted by Crippen LogP contribution is -2.40. The minimum atomic E-state index is 0. The molecule has 1 unspecified atom stereocenters. The van der Waals surface area contributed by atoms with Gasteiger partial charge in [-0.05, 0) is 42.2 Å². The summed E-state index contributed by atoms with van der Waals surface area (Å²) < 4.78 is 5.42. The summed E-state index contributed by atoms with van der Waals surface area (Å²) in [5.41, 5.74) is 1.84. The maximum Gasteiger partial charge on any atom is 0.253 e.